The lowest BCUT2D eigenvalue weighted by Gasteiger charge is -2.32. The predicted molar refractivity (Wildman–Crippen MR) is 162 cm³/mol. The van der Waals surface area contributed by atoms with E-state index in [4.69, 9.17) is 14.2 Å². The van der Waals surface area contributed by atoms with Crippen molar-refractivity contribution in [3.63, 3.8) is 0 Å². The van der Waals surface area contributed by atoms with Crippen LogP contribution in [0.1, 0.15) is 31.9 Å². The third-order valence-corrected chi connectivity index (χ3v) is 8.44. The normalized spacial score (nSPS) is 11.9. The molecule has 0 aliphatic heterocycles. The van der Waals surface area contributed by atoms with Gasteiger partial charge in [-0.25, -0.2) is 8.42 Å². The standard InChI is InChI=1S/C31H39N3O7S/c1-21(2)32-31(36)23(4)33(19-24-10-13-26(39-5)14-11-24)30(35)20-34(25-12-17-28(40-6)29(18-25)41-7)42(37,38)27-15-8-22(3)9-16-27/h8-18,21,23H,19-20H2,1-7H3,(H,32,36). The van der Waals surface area contributed by atoms with Crippen molar-refractivity contribution in [2.24, 2.45) is 0 Å². The van der Waals surface area contributed by atoms with Gasteiger partial charge < -0.3 is 24.4 Å². The Labute approximate surface area is 248 Å². The molecule has 1 unspecified atom stereocenters. The van der Waals surface area contributed by atoms with Crippen molar-refractivity contribution in [2.45, 2.75) is 51.2 Å². The molecule has 3 aromatic carbocycles. The van der Waals surface area contributed by atoms with Crippen LogP contribution in [0.2, 0.25) is 0 Å². The number of carbonyl (C=O) groups is 2. The third kappa shape index (κ3) is 7.73. The monoisotopic (exact) mass is 597 g/mol. The van der Waals surface area contributed by atoms with Crippen molar-refractivity contribution in [2.75, 3.05) is 32.2 Å². The number of benzene rings is 3. The molecule has 0 aliphatic carbocycles. The number of amides is 2. The molecule has 0 aliphatic rings. The molecule has 0 heterocycles. The molecule has 11 heteroatoms. The number of sulfonamides is 1. The highest BCUT2D eigenvalue weighted by Gasteiger charge is 2.33. The fourth-order valence-corrected chi connectivity index (χ4v) is 5.67. The lowest BCUT2D eigenvalue weighted by atomic mass is 10.1. The van der Waals surface area contributed by atoms with Gasteiger partial charge in [-0.1, -0.05) is 29.8 Å². The summed E-state index contributed by atoms with van der Waals surface area (Å²) in [7, 11) is 0.254. The van der Waals surface area contributed by atoms with Gasteiger partial charge in [0.15, 0.2) is 11.5 Å². The fourth-order valence-electron chi connectivity index (χ4n) is 4.26. The maximum Gasteiger partial charge on any atom is 0.264 e. The Bertz CT molecular complexity index is 1470. The Hall–Kier alpha value is -4.25. The van der Waals surface area contributed by atoms with Crippen molar-refractivity contribution in [3.05, 3.63) is 77.9 Å². The molecular weight excluding hydrogens is 558 g/mol. The van der Waals surface area contributed by atoms with Crippen LogP contribution in [0, 0.1) is 6.92 Å². The molecule has 42 heavy (non-hydrogen) atoms. The number of aryl methyl sites for hydroxylation is 1. The summed E-state index contributed by atoms with van der Waals surface area (Å²) in [5.41, 5.74) is 1.83. The zero-order chi connectivity index (χ0) is 31.0. The van der Waals surface area contributed by atoms with E-state index in [2.05, 4.69) is 5.32 Å². The molecule has 0 spiro atoms. The van der Waals surface area contributed by atoms with E-state index >= 15 is 0 Å². The molecule has 1 atom stereocenters. The summed E-state index contributed by atoms with van der Waals surface area (Å²) in [6, 6.07) is 17.1. The van der Waals surface area contributed by atoms with Gasteiger partial charge in [0.25, 0.3) is 10.0 Å². The second kappa shape index (κ2) is 14.1. The molecule has 0 saturated carbocycles. The zero-order valence-electron chi connectivity index (χ0n) is 25.1. The van der Waals surface area contributed by atoms with Gasteiger partial charge in [0.2, 0.25) is 11.8 Å². The van der Waals surface area contributed by atoms with Crippen LogP contribution in [-0.2, 0) is 26.2 Å². The Morgan fingerprint density at radius 3 is 2.00 bits per heavy atom. The van der Waals surface area contributed by atoms with Crippen molar-refractivity contribution in [1.29, 1.82) is 0 Å². The number of methoxy groups -OCH3 is 3. The summed E-state index contributed by atoms with van der Waals surface area (Å²) in [5, 5.41) is 2.84. The summed E-state index contributed by atoms with van der Waals surface area (Å²) in [6.45, 7) is 6.63. The lowest BCUT2D eigenvalue weighted by Crippen LogP contribution is -2.52. The minimum absolute atomic E-state index is 0.0167. The Balaban J connectivity index is 2.08. The number of anilines is 1. The van der Waals surface area contributed by atoms with Crippen LogP contribution in [0.3, 0.4) is 0 Å². The second-order valence-corrected chi connectivity index (χ2v) is 11.9. The molecule has 0 radical (unpaired) electrons. The van der Waals surface area contributed by atoms with Crippen molar-refractivity contribution >= 4 is 27.5 Å². The van der Waals surface area contributed by atoms with Crippen LogP contribution in [-0.4, -0.2) is 65.1 Å². The topological polar surface area (TPSA) is 114 Å². The maximum absolute atomic E-state index is 14.1. The largest absolute Gasteiger partial charge is 0.497 e. The molecule has 0 saturated heterocycles. The number of nitrogens with one attached hydrogen (secondary N) is 1. The van der Waals surface area contributed by atoms with Crippen LogP contribution in [0.25, 0.3) is 0 Å². The van der Waals surface area contributed by atoms with E-state index in [1.807, 2.05) is 20.8 Å². The second-order valence-electron chi connectivity index (χ2n) is 10.1. The molecule has 1 N–H and O–H groups in total. The molecule has 226 valence electrons. The lowest BCUT2D eigenvalue weighted by molar-refractivity contribution is -0.139. The van der Waals surface area contributed by atoms with Gasteiger partial charge >= 0.3 is 0 Å². The van der Waals surface area contributed by atoms with E-state index < -0.39 is 28.5 Å². The molecular formula is C31H39N3O7S. The first-order valence-corrected chi connectivity index (χ1v) is 14.9. The number of rotatable bonds is 13. The van der Waals surface area contributed by atoms with Crippen LogP contribution < -0.4 is 23.8 Å². The summed E-state index contributed by atoms with van der Waals surface area (Å²) < 4.78 is 45.0. The molecule has 3 aromatic rings. The van der Waals surface area contributed by atoms with Crippen LogP contribution in [0.5, 0.6) is 17.2 Å². The fraction of sp³-hybridized carbons (Fsp3) is 0.355. The highest BCUT2D eigenvalue weighted by atomic mass is 32.2. The first kappa shape index (κ1) is 32.3. The average Bonchev–Trinajstić information content (AvgIpc) is 2.97. The van der Waals surface area contributed by atoms with Crippen LogP contribution in [0.15, 0.2) is 71.6 Å². The van der Waals surface area contributed by atoms with E-state index in [0.717, 1.165) is 15.4 Å². The summed E-state index contributed by atoms with van der Waals surface area (Å²) >= 11 is 0. The highest BCUT2D eigenvalue weighted by Crippen LogP contribution is 2.34. The quantitative estimate of drug-likeness (QED) is 0.315. The smallest absolute Gasteiger partial charge is 0.264 e. The van der Waals surface area contributed by atoms with Crippen LogP contribution >= 0.6 is 0 Å². The van der Waals surface area contributed by atoms with Gasteiger partial charge in [-0.3, -0.25) is 13.9 Å². The number of ether oxygens (including phenoxy) is 3. The Kier molecular flexibility index (Phi) is 10.8. The predicted octanol–water partition coefficient (Wildman–Crippen LogP) is 4.16. The van der Waals surface area contributed by atoms with Crippen LogP contribution in [0.4, 0.5) is 5.69 Å². The van der Waals surface area contributed by atoms with Crippen molar-refractivity contribution < 1.29 is 32.2 Å². The van der Waals surface area contributed by atoms with E-state index in [1.54, 1.807) is 62.6 Å². The number of hydrogen-bond acceptors (Lipinski definition) is 7. The Morgan fingerprint density at radius 2 is 1.45 bits per heavy atom. The maximum atomic E-state index is 14.1. The number of nitrogens with zero attached hydrogens (tertiary/aromatic N) is 2. The van der Waals surface area contributed by atoms with Gasteiger partial charge in [-0.2, -0.15) is 0 Å². The van der Waals surface area contributed by atoms with E-state index in [0.29, 0.717) is 17.2 Å². The van der Waals surface area contributed by atoms with Gasteiger partial charge in [0.1, 0.15) is 18.3 Å². The molecule has 0 bridgehead atoms. The third-order valence-electron chi connectivity index (χ3n) is 6.65. The molecule has 2 amide bonds. The highest BCUT2D eigenvalue weighted by molar-refractivity contribution is 7.92. The SMILES string of the molecule is COc1ccc(CN(C(=O)CN(c2ccc(OC)c(OC)c2)S(=O)(=O)c2ccc(C)cc2)C(C)C(=O)NC(C)C)cc1. The zero-order valence-corrected chi connectivity index (χ0v) is 25.9. The van der Waals surface area contributed by atoms with E-state index in [1.165, 1.54) is 37.3 Å². The van der Waals surface area contributed by atoms with Gasteiger partial charge in [-0.15, -0.1) is 0 Å². The molecule has 0 aromatic heterocycles. The minimum atomic E-state index is -4.22. The van der Waals surface area contributed by atoms with Gasteiger partial charge in [0, 0.05) is 18.7 Å². The summed E-state index contributed by atoms with van der Waals surface area (Å²) in [6.07, 6.45) is 0. The first-order valence-electron chi connectivity index (χ1n) is 13.5. The number of carbonyl (C=O) groups excluding carboxylic acids is 2. The van der Waals surface area contributed by atoms with Crippen molar-refractivity contribution in [3.8, 4) is 17.2 Å². The summed E-state index contributed by atoms with van der Waals surface area (Å²) in [5.74, 6) is 0.423. The summed E-state index contributed by atoms with van der Waals surface area (Å²) in [4.78, 5) is 28.5. The van der Waals surface area contributed by atoms with Crippen molar-refractivity contribution in [1.82, 2.24) is 10.2 Å². The Morgan fingerprint density at radius 1 is 0.833 bits per heavy atom. The van der Waals surface area contributed by atoms with Gasteiger partial charge in [-0.05, 0) is 69.7 Å². The van der Waals surface area contributed by atoms with Gasteiger partial charge in [0.05, 0.1) is 31.9 Å². The average molecular weight is 598 g/mol. The molecule has 0 fully saturated rings. The molecule has 10 nitrogen and oxygen atoms in total. The van der Waals surface area contributed by atoms with E-state index in [9.17, 15) is 18.0 Å². The van der Waals surface area contributed by atoms with E-state index in [-0.39, 0.29) is 29.1 Å². The first-order chi connectivity index (χ1) is 19.9. The number of hydrogen-bond donors (Lipinski definition) is 1. The minimum Gasteiger partial charge on any atom is -0.497 e. The molecule has 3 rings (SSSR count).